The molecular formula is C49H87N17O13. The number of nitrogens with zero attached hydrogens (tertiary/aromatic N) is 1. The fourth-order valence-electron chi connectivity index (χ4n) is 7.44. The lowest BCUT2D eigenvalue weighted by molar-refractivity contribution is -0.136. The highest BCUT2D eigenvalue weighted by atomic mass is 16.4. The number of carbonyl (C=O) groups is 11. The molecule has 0 saturated carbocycles. The maximum atomic E-state index is 14.2. The topological polar surface area (TPSA) is 559 Å². The summed E-state index contributed by atoms with van der Waals surface area (Å²) in [5.74, 6) is -10.5. The number of aliphatic carboxylic acids is 1. The average Bonchev–Trinajstić information content (AvgIpc) is 3.36. The normalized spacial score (nSPS) is 13.8. The maximum Gasteiger partial charge on any atom is 0.300 e. The molecule has 0 heterocycles. The number of guanidine groups is 1. The molecule has 30 nitrogen and oxygen atoms in total. The van der Waals surface area contributed by atoms with E-state index in [-0.39, 0.29) is 76.3 Å². The lowest BCUT2D eigenvalue weighted by Gasteiger charge is -2.29. The van der Waals surface area contributed by atoms with Crippen LogP contribution in [0.25, 0.3) is 0 Å². The molecule has 0 unspecified atom stereocenters. The second-order valence-electron chi connectivity index (χ2n) is 19.0. The number of carboxylic acids is 1. The summed E-state index contributed by atoms with van der Waals surface area (Å²) in [7, 11) is 0. The third-order valence-corrected chi connectivity index (χ3v) is 11.7. The summed E-state index contributed by atoms with van der Waals surface area (Å²) in [4.78, 5) is 146. The molecule has 0 aliphatic rings. The third-order valence-electron chi connectivity index (χ3n) is 11.7. The first-order chi connectivity index (χ1) is 37.2. The number of phenolic OH excluding ortho intramolecular Hbond substituents is 1. The Kier molecular flexibility index (Phi) is 35.8. The molecule has 0 spiro atoms. The highest BCUT2D eigenvalue weighted by molar-refractivity contribution is 5.98. The van der Waals surface area contributed by atoms with E-state index in [0.29, 0.717) is 50.6 Å². The van der Waals surface area contributed by atoms with Gasteiger partial charge < -0.3 is 99.0 Å². The van der Waals surface area contributed by atoms with E-state index in [9.17, 15) is 53.1 Å². The third kappa shape index (κ3) is 32.0. The fraction of sp³-hybridized carbons (Fsp3) is 0.633. The van der Waals surface area contributed by atoms with Crippen LogP contribution < -0.4 is 88.8 Å². The van der Waals surface area contributed by atoms with Gasteiger partial charge in [0.05, 0.1) is 12.5 Å². The number of benzene rings is 1. The van der Waals surface area contributed by atoms with Crippen LogP contribution in [0.5, 0.6) is 5.75 Å². The lowest BCUT2D eigenvalue weighted by atomic mass is 10.00. The molecular weight excluding hydrogens is 1030 g/mol. The van der Waals surface area contributed by atoms with Crippen molar-refractivity contribution in [2.24, 2.45) is 62.5 Å². The lowest BCUT2D eigenvalue weighted by Crippen LogP contribution is -2.61. The molecule has 0 bridgehead atoms. The highest BCUT2D eigenvalue weighted by Gasteiger charge is 2.35. The highest BCUT2D eigenvalue weighted by Crippen LogP contribution is 2.13. The molecule has 10 amide bonds. The first kappa shape index (κ1) is 71.3. The minimum Gasteiger partial charge on any atom is -0.508 e. The molecule has 0 fully saturated rings. The van der Waals surface area contributed by atoms with Crippen molar-refractivity contribution in [1.82, 2.24) is 37.2 Å². The van der Waals surface area contributed by atoms with E-state index >= 15 is 0 Å². The second kappa shape index (κ2) is 39.6. The summed E-state index contributed by atoms with van der Waals surface area (Å²) in [6.45, 7) is 5.10. The van der Waals surface area contributed by atoms with E-state index in [1.807, 2.05) is 0 Å². The zero-order chi connectivity index (χ0) is 60.2. The van der Waals surface area contributed by atoms with Crippen LogP contribution in [0, 0.1) is 5.92 Å². The number of primary amides is 3. The molecule has 0 aliphatic heterocycles. The van der Waals surface area contributed by atoms with Crippen molar-refractivity contribution in [3.8, 4) is 5.75 Å². The van der Waals surface area contributed by atoms with E-state index in [2.05, 4.69) is 42.2 Å². The van der Waals surface area contributed by atoms with E-state index in [1.165, 1.54) is 12.1 Å². The zero-order valence-corrected chi connectivity index (χ0v) is 45.5. The summed E-state index contributed by atoms with van der Waals surface area (Å²) in [5.41, 5.74) is 51.1. The number of carboxylic acid groups (broad SMARTS) is 1. The Morgan fingerprint density at radius 1 is 0.506 bits per heavy atom. The fourth-order valence-corrected chi connectivity index (χ4v) is 7.44. The quantitative estimate of drug-likeness (QED) is 0.0166. The second-order valence-corrected chi connectivity index (χ2v) is 19.0. The summed E-state index contributed by atoms with van der Waals surface area (Å²) in [6, 6.07) is -4.78. The van der Waals surface area contributed by atoms with Gasteiger partial charge in [-0.3, -0.25) is 57.7 Å². The van der Waals surface area contributed by atoms with Gasteiger partial charge in [-0.25, -0.2) is 0 Å². The van der Waals surface area contributed by atoms with Gasteiger partial charge in [-0.05, 0) is 127 Å². The Morgan fingerprint density at radius 2 is 0.886 bits per heavy atom. The van der Waals surface area contributed by atoms with Crippen LogP contribution in [0.1, 0.15) is 116 Å². The molecule has 446 valence electrons. The summed E-state index contributed by atoms with van der Waals surface area (Å²) in [6.07, 6.45) is 1.32. The van der Waals surface area contributed by atoms with Crippen molar-refractivity contribution in [3.63, 3.8) is 0 Å². The molecule has 27 N–H and O–H groups in total. The smallest absolute Gasteiger partial charge is 0.300 e. The number of nitrogens with two attached hydrogens (primary N) is 9. The zero-order valence-electron chi connectivity index (χ0n) is 45.5. The van der Waals surface area contributed by atoms with Gasteiger partial charge in [-0.1, -0.05) is 26.0 Å². The standard InChI is InChI=1S/C47H83N17O11.C2H4O2/c1-26(2)38(46(75)62-32(12-5-8-22-50)42(71)63-35(25-37(53)67)45(74)58-30(39(54)68)10-3-6-20-48)64-44(73)33(13-9-23-57-47(55)56)60-43(72)34(18-19-36(52)66)61-41(70)31(11-4-7-21-49)59-40(69)29(51)24-27-14-16-28(65)17-15-27;1-2(3)4/h14-17,26,29-35,38,65H,3-13,18-25,48-51H2,1-2H3,(H2,52,66)(H2,53,67)(H2,54,68)(H,58,74)(H,59,69)(H,60,72)(H,61,70)(H,62,75)(H,63,71)(H,64,73)(H4,55,56,57);1H3,(H,3,4)/t29-,30-,31-,32-,33-,34-,35-,38-;/m0./s1. The van der Waals surface area contributed by atoms with E-state index in [1.54, 1.807) is 26.0 Å². The average molecular weight is 1120 g/mol. The summed E-state index contributed by atoms with van der Waals surface area (Å²) < 4.78 is 0. The van der Waals surface area contributed by atoms with Gasteiger partial charge in [-0.2, -0.15) is 0 Å². The number of aliphatic imine (C=N–C) groups is 1. The molecule has 0 radical (unpaired) electrons. The summed E-state index contributed by atoms with van der Waals surface area (Å²) >= 11 is 0. The number of phenols is 1. The van der Waals surface area contributed by atoms with Gasteiger partial charge >= 0.3 is 0 Å². The Morgan fingerprint density at radius 3 is 1.30 bits per heavy atom. The van der Waals surface area contributed by atoms with Crippen LogP contribution >= 0.6 is 0 Å². The SMILES string of the molecule is CC(=O)O.CC(C)[C@H](NC(=O)[C@H](CCCN=C(N)N)NC(=O)[C@H](CCC(N)=O)NC(=O)[C@H](CCCCN)NC(=O)[C@@H](N)Cc1ccc(O)cc1)C(=O)N[C@@H](CCCCN)C(=O)N[C@@H](CC(N)=O)C(=O)N[C@@H](CCCCN)C(N)=O. The molecule has 0 aliphatic carbocycles. The Balaban J connectivity index is 0.0000147. The summed E-state index contributed by atoms with van der Waals surface area (Å²) in [5, 5.41) is 34.9. The Labute approximate surface area is 459 Å². The van der Waals surface area contributed by atoms with Crippen molar-refractivity contribution < 1.29 is 63.0 Å². The molecule has 1 rings (SSSR count). The maximum absolute atomic E-state index is 14.2. The van der Waals surface area contributed by atoms with Gasteiger partial charge in [0.1, 0.15) is 48.0 Å². The van der Waals surface area contributed by atoms with Crippen LogP contribution in [0.3, 0.4) is 0 Å². The van der Waals surface area contributed by atoms with Gasteiger partial charge in [0.15, 0.2) is 5.96 Å². The number of hydrogen-bond acceptors (Lipinski definition) is 17. The molecule has 0 aromatic heterocycles. The number of unbranched alkanes of at least 4 members (excludes halogenated alkanes) is 3. The molecule has 30 heteroatoms. The predicted molar refractivity (Wildman–Crippen MR) is 292 cm³/mol. The number of hydrogen-bond donors (Lipinski definition) is 18. The van der Waals surface area contributed by atoms with Crippen LogP contribution in [0.4, 0.5) is 0 Å². The minimum absolute atomic E-state index is 0.00279. The first-order valence-electron chi connectivity index (χ1n) is 26.0. The van der Waals surface area contributed by atoms with Crippen LogP contribution in [0.15, 0.2) is 29.3 Å². The van der Waals surface area contributed by atoms with E-state index in [4.69, 9.17) is 61.5 Å². The Bertz CT molecular complexity index is 2160. The molecule has 8 atom stereocenters. The molecule has 0 saturated heterocycles. The van der Waals surface area contributed by atoms with Crippen molar-refractivity contribution in [3.05, 3.63) is 29.8 Å². The minimum atomic E-state index is -1.60. The Hall–Kier alpha value is -7.70. The van der Waals surface area contributed by atoms with Crippen molar-refractivity contribution in [1.29, 1.82) is 0 Å². The first-order valence-corrected chi connectivity index (χ1v) is 26.0. The van der Waals surface area contributed by atoms with Crippen LogP contribution in [-0.4, -0.2) is 156 Å². The molecule has 1 aromatic carbocycles. The van der Waals surface area contributed by atoms with Gasteiger partial charge in [0.2, 0.25) is 59.1 Å². The van der Waals surface area contributed by atoms with E-state index in [0.717, 1.165) is 6.92 Å². The number of carbonyl (C=O) groups excluding carboxylic acids is 10. The predicted octanol–water partition coefficient (Wildman–Crippen LogP) is -5.53. The molecule has 1 aromatic rings. The van der Waals surface area contributed by atoms with Crippen molar-refractivity contribution in [2.75, 3.05) is 26.2 Å². The van der Waals surface area contributed by atoms with Crippen LogP contribution in [-0.2, 0) is 59.2 Å². The van der Waals surface area contributed by atoms with E-state index < -0.39 is 132 Å². The molecule has 79 heavy (non-hydrogen) atoms. The monoisotopic (exact) mass is 1120 g/mol. The van der Waals surface area contributed by atoms with Gasteiger partial charge in [0, 0.05) is 19.9 Å². The van der Waals surface area contributed by atoms with Crippen LogP contribution in [0.2, 0.25) is 0 Å². The van der Waals surface area contributed by atoms with Crippen molar-refractivity contribution in [2.45, 2.75) is 165 Å². The largest absolute Gasteiger partial charge is 0.508 e. The number of rotatable bonds is 39. The number of amides is 10. The number of nitrogens with one attached hydrogen (secondary N) is 7. The van der Waals surface area contributed by atoms with Gasteiger partial charge in [0.25, 0.3) is 5.97 Å². The number of aromatic hydroxyl groups is 1. The van der Waals surface area contributed by atoms with Crippen molar-refractivity contribution >= 4 is 71.0 Å². The van der Waals surface area contributed by atoms with Gasteiger partial charge in [-0.15, -0.1) is 0 Å².